The molecule has 0 saturated carbocycles. The number of aromatic hydroxyl groups is 1. The number of esters is 1. The van der Waals surface area contributed by atoms with Crippen LogP contribution in [-0.2, 0) is 14.3 Å². The van der Waals surface area contributed by atoms with Gasteiger partial charge in [0.05, 0.1) is 26.4 Å². The van der Waals surface area contributed by atoms with Gasteiger partial charge in [0.25, 0.3) is 0 Å². The zero-order valence-electron chi connectivity index (χ0n) is 19.8. The molecule has 0 radical (unpaired) electrons. The van der Waals surface area contributed by atoms with E-state index < -0.39 is 11.9 Å². The van der Waals surface area contributed by atoms with Crippen LogP contribution in [0.2, 0.25) is 0 Å². The molecule has 1 aliphatic heterocycles. The fourth-order valence-electron chi connectivity index (χ4n) is 4.85. The van der Waals surface area contributed by atoms with E-state index in [1.807, 2.05) is 38.1 Å². The molecule has 178 valence electrons. The standard InChI is InChI=1S/C27H29NO6/c1-5-34-23-14-17(8-11-21(23)29)25-24(27(31)33-4)15(2)28-20-12-18(13-22(30)26(20)25)16-6-9-19(32-3)10-7-16/h6-11,14,18,25,28-29H,5,12-13H2,1-4H3/t18-,25+/m1/s1. The Morgan fingerprint density at radius 1 is 1.09 bits per heavy atom. The van der Waals surface area contributed by atoms with Crippen molar-refractivity contribution in [1.29, 1.82) is 0 Å². The fraction of sp³-hybridized carbons (Fsp3) is 0.333. The van der Waals surface area contributed by atoms with Gasteiger partial charge >= 0.3 is 5.97 Å². The number of nitrogens with one attached hydrogen (secondary N) is 1. The van der Waals surface area contributed by atoms with Gasteiger partial charge in [0.15, 0.2) is 17.3 Å². The lowest BCUT2D eigenvalue weighted by Gasteiger charge is -2.36. The highest BCUT2D eigenvalue weighted by atomic mass is 16.5. The zero-order valence-corrected chi connectivity index (χ0v) is 19.8. The molecule has 0 unspecified atom stereocenters. The topological polar surface area (TPSA) is 94.1 Å². The van der Waals surface area contributed by atoms with Crippen LogP contribution in [0, 0.1) is 0 Å². The highest BCUT2D eigenvalue weighted by Crippen LogP contribution is 2.47. The molecular formula is C27H29NO6. The van der Waals surface area contributed by atoms with Gasteiger partial charge < -0.3 is 24.6 Å². The number of phenols is 1. The van der Waals surface area contributed by atoms with Crippen LogP contribution in [0.25, 0.3) is 0 Å². The zero-order chi connectivity index (χ0) is 24.4. The van der Waals surface area contributed by atoms with Crippen LogP contribution >= 0.6 is 0 Å². The summed E-state index contributed by atoms with van der Waals surface area (Å²) in [6.07, 6.45) is 0.958. The lowest BCUT2D eigenvalue weighted by molar-refractivity contribution is -0.136. The van der Waals surface area contributed by atoms with E-state index in [2.05, 4.69) is 5.32 Å². The molecule has 2 atom stereocenters. The van der Waals surface area contributed by atoms with Crippen LogP contribution in [0.3, 0.4) is 0 Å². The number of methoxy groups -OCH3 is 2. The van der Waals surface area contributed by atoms with E-state index in [9.17, 15) is 14.7 Å². The summed E-state index contributed by atoms with van der Waals surface area (Å²) in [5.41, 5.74) is 4.13. The van der Waals surface area contributed by atoms with E-state index in [1.54, 1.807) is 19.2 Å². The van der Waals surface area contributed by atoms with Crippen LogP contribution in [0.4, 0.5) is 0 Å². The second kappa shape index (κ2) is 9.63. The first-order chi connectivity index (χ1) is 16.4. The third kappa shape index (κ3) is 4.25. The maximum Gasteiger partial charge on any atom is 0.336 e. The first-order valence-corrected chi connectivity index (χ1v) is 11.3. The number of phenolic OH excluding ortho intramolecular Hbond substituents is 1. The SMILES string of the molecule is CCOc1cc([C@H]2C(C(=O)OC)=C(C)NC3=C2C(=O)C[C@H](c2ccc(OC)cc2)C3)ccc1O. The minimum atomic E-state index is -0.618. The van der Waals surface area contributed by atoms with Crippen molar-refractivity contribution in [3.05, 3.63) is 76.1 Å². The fourth-order valence-corrected chi connectivity index (χ4v) is 4.85. The van der Waals surface area contributed by atoms with E-state index >= 15 is 0 Å². The minimum Gasteiger partial charge on any atom is -0.504 e. The Kier molecular flexibility index (Phi) is 6.63. The molecule has 0 fully saturated rings. The predicted molar refractivity (Wildman–Crippen MR) is 127 cm³/mol. The molecule has 0 spiro atoms. The van der Waals surface area contributed by atoms with E-state index in [0.717, 1.165) is 17.0 Å². The highest BCUT2D eigenvalue weighted by Gasteiger charge is 2.41. The molecule has 2 aromatic carbocycles. The van der Waals surface area contributed by atoms with Crippen molar-refractivity contribution in [3.63, 3.8) is 0 Å². The number of rotatable bonds is 6. The first-order valence-electron chi connectivity index (χ1n) is 11.3. The second-order valence-electron chi connectivity index (χ2n) is 8.44. The van der Waals surface area contributed by atoms with Crippen molar-refractivity contribution in [2.75, 3.05) is 20.8 Å². The van der Waals surface area contributed by atoms with Crippen LogP contribution in [0.15, 0.2) is 65.0 Å². The Labute approximate surface area is 199 Å². The van der Waals surface area contributed by atoms with Gasteiger partial charge in [-0.15, -0.1) is 0 Å². The molecule has 1 heterocycles. The molecule has 2 aromatic rings. The molecule has 4 rings (SSSR count). The smallest absolute Gasteiger partial charge is 0.336 e. The van der Waals surface area contributed by atoms with Crippen molar-refractivity contribution in [3.8, 4) is 17.2 Å². The quantitative estimate of drug-likeness (QED) is 0.616. The van der Waals surface area contributed by atoms with Crippen molar-refractivity contribution < 1.29 is 28.9 Å². The normalized spacial score (nSPS) is 19.9. The van der Waals surface area contributed by atoms with Crippen molar-refractivity contribution >= 4 is 11.8 Å². The van der Waals surface area contributed by atoms with Gasteiger partial charge in [-0.05, 0) is 61.6 Å². The molecule has 0 aromatic heterocycles. The van der Waals surface area contributed by atoms with Crippen LogP contribution < -0.4 is 14.8 Å². The Bertz CT molecular complexity index is 1180. The number of hydrogen-bond acceptors (Lipinski definition) is 7. The summed E-state index contributed by atoms with van der Waals surface area (Å²) in [6, 6.07) is 12.7. The molecule has 0 amide bonds. The number of hydrogen-bond donors (Lipinski definition) is 2. The van der Waals surface area contributed by atoms with Crippen molar-refractivity contribution in [2.24, 2.45) is 0 Å². The predicted octanol–water partition coefficient (Wildman–Crippen LogP) is 4.33. The average Bonchev–Trinajstić information content (AvgIpc) is 2.84. The number of allylic oxidation sites excluding steroid dienone is 3. The van der Waals surface area contributed by atoms with Gasteiger partial charge in [0, 0.05) is 29.3 Å². The van der Waals surface area contributed by atoms with Gasteiger partial charge in [0.2, 0.25) is 0 Å². The third-order valence-corrected chi connectivity index (χ3v) is 6.44. The largest absolute Gasteiger partial charge is 0.504 e. The first kappa shape index (κ1) is 23.4. The maximum absolute atomic E-state index is 13.6. The summed E-state index contributed by atoms with van der Waals surface area (Å²) in [5, 5.41) is 13.5. The Morgan fingerprint density at radius 3 is 2.44 bits per heavy atom. The lowest BCUT2D eigenvalue weighted by atomic mass is 9.71. The number of benzene rings is 2. The van der Waals surface area contributed by atoms with Gasteiger partial charge in [-0.3, -0.25) is 4.79 Å². The molecule has 7 nitrogen and oxygen atoms in total. The molecule has 1 aliphatic carbocycles. The minimum absolute atomic E-state index is 0.00333. The second-order valence-corrected chi connectivity index (χ2v) is 8.44. The molecule has 7 heteroatoms. The van der Waals surface area contributed by atoms with Gasteiger partial charge in [0.1, 0.15) is 5.75 Å². The van der Waals surface area contributed by atoms with E-state index in [-0.39, 0.29) is 17.5 Å². The Hall–Kier alpha value is -3.74. The summed E-state index contributed by atoms with van der Waals surface area (Å²) in [7, 11) is 2.95. The van der Waals surface area contributed by atoms with E-state index in [1.165, 1.54) is 13.2 Å². The average molecular weight is 464 g/mol. The molecule has 2 N–H and O–H groups in total. The summed E-state index contributed by atoms with van der Waals surface area (Å²) in [4.78, 5) is 26.4. The molecular weight excluding hydrogens is 434 g/mol. The van der Waals surface area contributed by atoms with E-state index in [4.69, 9.17) is 14.2 Å². The lowest BCUT2D eigenvalue weighted by Crippen LogP contribution is -2.36. The van der Waals surface area contributed by atoms with Gasteiger partial charge in [-0.2, -0.15) is 0 Å². The number of ether oxygens (including phenoxy) is 3. The summed E-state index contributed by atoms with van der Waals surface area (Å²) in [5.74, 6) is -0.0623. The van der Waals surface area contributed by atoms with Gasteiger partial charge in [-0.1, -0.05) is 18.2 Å². The number of carbonyl (C=O) groups is 2. The molecule has 0 bridgehead atoms. The Morgan fingerprint density at radius 2 is 1.79 bits per heavy atom. The third-order valence-electron chi connectivity index (χ3n) is 6.44. The van der Waals surface area contributed by atoms with Crippen LogP contribution in [-0.4, -0.2) is 37.7 Å². The summed E-state index contributed by atoms with van der Waals surface area (Å²) in [6.45, 7) is 4.01. The highest BCUT2D eigenvalue weighted by molar-refractivity contribution is 6.04. The van der Waals surface area contributed by atoms with Gasteiger partial charge in [-0.25, -0.2) is 4.79 Å². The molecule has 2 aliphatic rings. The number of dihydropyridines is 1. The van der Waals surface area contributed by atoms with E-state index in [0.29, 0.717) is 47.6 Å². The number of ketones is 1. The number of carbonyl (C=O) groups excluding carboxylic acids is 2. The van der Waals surface area contributed by atoms with Crippen LogP contribution in [0.5, 0.6) is 17.2 Å². The molecule has 0 saturated heterocycles. The monoisotopic (exact) mass is 463 g/mol. The maximum atomic E-state index is 13.6. The summed E-state index contributed by atoms with van der Waals surface area (Å²) >= 11 is 0. The molecule has 34 heavy (non-hydrogen) atoms. The summed E-state index contributed by atoms with van der Waals surface area (Å²) < 4.78 is 15.9. The van der Waals surface area contributed by atoms with Crippen molar-refractivity contribution in [2.45, 2.75) is 38.5 Å². The Balaban J connectivity index is 1.79. The van der Waals surface area contributed by atoms with Crippen LogP contribution in [0.1, 0.15) is 49.7 Å². The van der Waals surface area contributed by atoms with Crippen molar-refractivity contribution in [1.82, 2.24) is 5.32 Å². The number of Topliss-reactive ketones (excluding diaryl/α,β-unsaturated/α-hetero) is 1.